The minimum atomic E-state index is -3.47. The Bertz CT molecular complexity index is 801. The second kappa shape index (κ2) is 5.30. The van der Waals surface area contributed by atoms with E-state index in [1.165, 1.54) is 6.42 Å². The van der Waals surface area contributed by atoms with Gasteiger partial charge in [-0.25, -0.2) is 8.42 Å². The number of pyridine rings is 1. The molecule has 116 valence electrons. The van der Waals surface area contributed by atoms with Crippen molar-refractivity contribution in [3.8, 4) is 0 Å². The fourth-order valence-corrected chi connectivity index (χ4v) is 5.30. The second-order valence-corrected chi connectivity index (χ2v) is 8.05. The van der Waals surface area contributed by atoms with Gasteiger partial charge < -0.3 is 5.32 Å². The molecule has 5 nitrogen and oxygen atoms in total. The number of nitrogens with zero attached hydrogens (tertiary/aromatic N) is 2. The Morgan fingerprint density at radius 2 is 2.00 bits per heavy atom. The fraction of sp³-hybridized carbons (Fsp3) is 0.438. The first-order valence-electron chi connectivity index (χ1n) is 7.73. The van der Waals surface area contributed by atoms with Gasteiger partial charge in [0.1, 0.15) is 0 Å². The maximum Gasteiger partial charge on any atom is 0.243 e. The molecular formula is C16H19N3O2S. The van der Waals surface area contributed by atoms with E-state index in [9.17, 15) is 8.42 Å². The van der Waals surface area contributed by atoms with Crippen LogP contribution in [0.4, 0.5) is 0 Å². The number of sulfonamides is 1. The summed E-state index contributed by atoms with van der Waals surface area (Å²) in [5.41, 5.74) is 0. The van der Waals surface area contributed by atoms with Gasteiger partial charge in [-0.05, 0) is 31.4 Å². The van der Waals surface area contributed by atoms with Crippen molar-refractivity contribution in [3.63, 3.8) is 0 Å². The smallest absolute Gasteiger partial charge is 0.243 e. The van der Waals surface area contributed by atoms with Crippen molar-refractivity contribution in [3.05, 3.63) is 36.7 Å². The lowest BCUT2D eigenvalue weighted by atomic mass is 10.1. The Morgan fingerprint density at radius 3 is 2.91 bits per heavy atom. The number of benzene rings is 1. The molecule has 2 bridgehead atoms. The van der Waals surface area contributed by atoms with Gasteiger partial charge in [0.15, 0.2) is 0 Å². The van der Waals surface area contributed by atoms with E-state index in [0.717, 1.165) is 23.6 Å². The summed E-state index contributed by atoms with van der Waals surface area (Å²) in [6.07, 6.45) is 6.48. The van der Waals surface area contributed by atoms with Crippen LogP contribution in [-0.2, 0) is 10.0 Å². The number of fused-ring (bicyclic) bond motifs is 3. The number of nitrogens with one attached hydrogen (secondary N) is 1. The number of rotatable bonds is 2. The van der Waals surface area contributed by atoms with Crippen molar-refractivity contribution in [2.24, 2.45) is 0 Å². The molecule has 2 fully saturated rings. The highest BCUT2D eigenvalue weighted by Gasteiger charge is 2.35. The number of hydrogen-bond donors (Lipinski definition) is 1. The Hall–Kier alpha value is -1.50. The second-order valence-electron chi connectivity index (χ2n) is 6.14. The van der Waals surface area contributed by atoms with Crippen molar-refractivity contribution in [2.45, 2.75) is 36.2 Å². The van der Waals surface area contributed by atoms with E-state index >= 15 is 0 Å². The predicted octanol–water partition coefficient (Wildman–Crippen LogP) is 1.75. The molecule has 2 atom stereocenters. The molecule has 6 heteroatoms. The molecule has 4 rings (SSSR count). The summed E-state index contributed by atoms with van der Waals surface area (Å²) < 4.78 is 27.9. The average Bonchev–Trinajstić information content (AvgIpc) is 2.85. The summed E-state index contributed by atoms with van der Waals surface area (Å²) in [5, 5.41) is 5.14. The van der Waals surface area contributed by atoms with Crippen LogP contribution in [0.1, 0.15) is 19.3 Å². The third-order valence-corrected chi connectivity index (χ3v) is 6.67. The third kappa shape index (κ3) is 2.31. The van der Waals surface area contributed by atoms with Crippen LogP contribution in [0, 0.1) is 0 Å². The summed E-state index contributed by atoms with van der Waals surface area (Å²) in [6.45, 7) is 1.16. The zero-order chi connectivity index (χ0) is 15.2. The molecule has 0 aliphatic carbocycles. The minimum Gasteiger partial charge on any atom is -0.310 e. The highest BCUT2D eigenvalue weighted by molar-refractivity contribution is 7.89. The quantitative estimate of drug-likeness (QED) is 0.916. The standard InChI is InChI=1S/C16H19N3O2S/c20-22(21,19-9-7-13-4-5-14(11-19)18-13)16-3-1-2-12-10-17-8-6-15(12)16/h1-3,6,8,10,13-14,18H,4-5,7,9,11H2. The molecule has 1 aromatic heterocycles. The first-order valence-corrected chi connectivity index (χ1v) is 9.17. The zero-order valence-corrected chi connectivity index (χ0v) is 13.1. The lowest BCUT2D eigenvalue weighted by Gasteiger charge is -2.24. The van der Waals surface area contributed by atoms with Gasteiger partial charge in [-0.1, -0.05) is 12.1 Å². The van der Waals surface area contributed by atoms with Crippen molar-refractivity contribution >= 4 is 20.8 Å². The molecule has 1 N–H and O–H groups in total. The van der Waals surface area contributed by atoms with Gasteiger partial charge in [-0.3, -0.25) is 4.98 Å². The number of aromatic nitrogens is 1. The van der Waals surface area contributed by atoms with Crippen LogP contribution in [-0.4, -0.2) is 42.9 Å². The Labute approximate surface area is 130 Å². The van der Waals surface area contributed by atoms with E-state index in [-0.39, 0.29) is 0 Å². The summed E-state index contributed by atoms with van der Waals surface area (Å²) in [5.74, 6) is 0. The van der Waals surface area contributed by atoms with Crippen LogP contribution in [0.15, 0.2) is 41.6 Å². The molecule has 22 heavy (non-hydrogen) atoms. The Morgan fingerprint density at radius 1 is 1.14 bits per heavy atom. The van der Waals surface area contributed by atoms with Gasteiger partial charge in [0.25, 0.3) is 0 Å². The van der Waals surface area contributed by atoms with Gasteiger partial charge in [-0.2, -0.15) is 4.31 Å². The van der Waals surface area contributed by atoms with Crippen LogP contribution >= 0.6 is 0 Å². The molecule has 1 aromatic carbocycles. The molecule has 0 amide bonds. The summed E-state index contributed by atoms with van der Waals surface area (Å²) >= 11 is 0. The van der Waals surface area contributed by atoms with Gasteiger partial charge in [0, 0.05) is 48.3 Å². The molecular weight excluding hydrogens is 298 g/mol. The largest absolute Gasteiger partial charge is 0.310 e. The predicted molar refractivity (Wildman–Crippen MR) is 85.1 cm³/mol. The molecule has 2 saturated heterocycles. The first-order chi connectivity index (χ1) is 10.6. The maximum absolute atomic E-state index is 13.1. The molecule has 3 heterocycles. The molecule has 2 aromatic rings. The van der Waals surface area contributed by atoms with Crippen LogP contribution in [0.5, 0.6) is 0 Å². The van der Waals surface area contributed by atoms with Gasteiger partial charge in [-0.15, -0.1) is 0 Å². The third-order valence-electron chi connectivity index (χ3n) is 4.74. The van der Waals surface area contributed by atoms with E-state index in [2.05, 4.69) is 10.3 Å². The van der Waals surface area contributed by atoms with Crippen LogP contribution in [0.3, 0.4) is 0 Å². The normalized spacial score (nSPS) is 26.2. The summed E-state index contributed by atoms with van der Waals surface area (Å²) in [4.78, 5) is 4.47. The highest BCUT2D eigenvalue weighted by Crippen LogP contribution is 2.28. The topological polar surface area (TPSA) is 62.3 Å². The van der Waals surface area contributed by atoms with E-state index in [4.69, 9.17) is 0 Å². The maximum atomic E-state index is 13.1. The fourth-order valence-electron chi connectivity index (χ4n) is 3.59. The SMILES string of the molecule is O=S(=O)(c1cccc2cnccc12)N1CCC2CCC(C1)N2. The van der Waals surface area contributed by atoms with Crippen molar-refractivity contribution in [1.82, 2.24) is 14.6 Å². The molecule has 0 spiro atoms. The van der Waals surface area contributed by atoms with Crippen LogP contribution in [0.2, 0.25) is 0 Å². The molecule has 2 unspecified atom stereocenters. The lowest BCUT2D eigenvalue weighted by Crippen LogP contribution is -2.39. The summed E-state index contributed by atoms with van der Waals surface area (Å²) in [6, 6.07) is 7.94. The van der Waals surface area contributed by atoms with E-state index < -0.39 is 10.0 Å². The van der Waals surface area contributed by atoms with E-state index in [0.29, 0.717) is 30.1 Å². The van der Waals surface area contributed by atoms with Crippen LogP contribution < -0.4 is 5.32 Å². The molecule has 2 aliphatic rings. The summed E-state index contributed by atoms with van der Waals surface area (Å²) in [7, 11) is -3.47. The van der Waals surface area contributed by atoms with Crippen molar-refractivity contribution in [2.75, 3.05) is 13.1 Å². The monoisotopic (exact) mass is 317 g/mol. The average molecular weight is 317 g/mol. The lowest BCUT2D eigenvalue weighted by molar-refractivity contribution is 0.384. The van der Waals surface area contributed by atoms with Crippen molar-refractivity contribution in [1.29, 1.82) is 0 Å². The minimum absolute atomic E-state index is 0.291. The van der Waals surface area contributed by atoms with Gasteiger partial charge >= 0.3 is 0 Å². The Balaban J connectivity index is 1.76. The van der Waals surface area contributed by atoms with E-state index in [1.54, 1.807) is 34.9 Å². The molecule has 0 saturated carbocycles. The zero-order valence-electron chi connectivity index (χ0n) is 12.3. The Kier molecular flexibility index (Phi) is 3.40. The first kappa shape index (κ1) is 14.1. The van der Waals surface area contributed by atoms with Gasteiger partial charge in [0.05, 0.1) is 4.90 Å². The number of hydrogen-bond acceptors (Lipinski definition) is 4. The van der Waals surface area contributed by atoms with E-state index in [1.807, 2.05) is 6.07 Å². The highest BCUT2D eigenvalue weighted by atomic mass is 32.2. The molecule has 2 aliphatic heterocycles. The van der Waals surface area contributed by atoms with Gasteiger partial charge in [0.2, 0.25) is 10.0 Å². The molecule has 0 radical (unpaired) electrons. The van der Waals surface area contributed by atoms with Crippen molar-refractivity contribution < 1.29 is 8.42 Å². The van der Waals surface area contributed by atoms with Crippen LogP contribution in [0.25, 0.3) is 10.8 Å².